The van der Waals surface area contributed by atoms with Crippen LogP contribution in [0.15, 0.2) is 17.3 Å². The van der Waals surface area contributed by atoms with E-state index in [2.05, 4.69) is 15.1 Å². The predicted octanol–water partition coefficient (Wildman–Crippen LogP) is 4.16. The summed E-state index contributed by atoms with van der Waals surface area (Å²) in [4.78, 5) is 4.63. The number of aromatic nitrogens is 2. The van der Waals surface area contributed by atoms with E-state index in [1.54, 1.807) is 6.92 Å². The third-order valence-corrected chi connectivity index (χ3v) is 3.74. The molecular weight excluding hydrogens is 366 g/mol. The van der Waals surface area contributed by atoms with Crippen LogP contribution in [0.25, 0.3) is 11.3 Å². The first-order chi connectivity index (χ1) is 11.6. The number of nitrogens with zero attached hydrogens (tertiary/aromatic N) is 3. The van der Waals surface area contributed by atoms with Crippen molar-refractivity contribution in [3.63, 3.8) is 0 Å². The normalized spacial score (nSPS) is 12.4. The summed E-state index contributed by atoms with van der Waals surface area (Å²) in [5.74, 6) is -1.48. The number of alkyl halides is 3. The van der Waals surface area contributed by atoms with E-state index in [1.165, 1.54) is 26.4 Å². The summed E-state index contributed by atoms with van der Waals surface area (Å²) in [5, 5.41) is 7.52. The van der Waals surface area contributed by atoms with E-state index in [0.29, 0.717) is 10.2 Å². The summed E-state index contributed by atoms with van der Waals surface area (Å²) < 4.78 is 58.9. The van der Waals surface area contributed by atoms with Crippen LogP contribution < -0.4 is 0 Å². The molecule has 2 rings (SSSR count). The topological polar surface area (TPSA) is 48.6 Å². The van der Waals surface area contributed by atoms with Crippen molar-refractivity contribution in [3.8, 4) is 11.3 Å². The molecule has 0 amide bonds. The molecule has 5 nitrogen and oxygen atoms in total. The Hall–Kier alpha value is -2.29. The highest BCUT2D eigenvalue weighted by Crippen LogP contribution is 2.37. The number of benzene rings is 1. The molecule has 1 heterocycles. The van der Waals surface area contributed by atoms with Gasteiger partial charge in [0, 0.05) is 12.6 Å². The van der Waals surface area contributed by atoms with E-state index in [-0.39, 0.29) is 22.0 Å². The lowest BCUT2D eigenvalue weighted by Crippen LogP contribution is -2.13. The summed E-state index contributed by atoms with van der Waals surface area (Å²) in [5.41, 5.74) is -1.12. The molecule has 0 fully saturated rings. The van der Waals surface area contributed by atoms with Crippen LogP contribution in [0.5, 0.6) is 0 Å². The monoisotopic (exact) mass is 379 g/mol. The Bertz CT molecular complexity index is 831. The van der Waals surface area contributed by atoms with Crippen molar-refractivity contribution >= 4 is 17.5 Å². The number of aryl methyl sites for hydroxylation is 2. The molecule has 0 atom stereocenters. The lowest BCUT2D eigenvalue weighted by Gasteiger charge is -2.11. The molecule has 0 saturated heterocycles. The van der Waals surface area contributed by atoms with Gasteiger partial charge in [0.25, 0.3) is 5.90 Å². The van der Waals surface area contributed by atoms with Gasteiger partial charge in [0.05, 0.1) is 17.7 Å². The minimum absolute atomic E-state index is 0.0128. The molecule has 25 heavy (non-hydrogen) atoms. The molecular formula is C15H14ClF4N3O2. The maximum atomic E-state index is 14.4. The highest BCUT2D eigenvalue weighted by atomic mass is 35.5. The molecule has 136 valence electrons. The molecule has 0 unspecified atom stereocenters. The van der Waals surface area contributed by atoms with E-state index in [9.17, 15) is 17.6 Å². The van der Waals surface area contributed by atoms with Gasteiger partial charge in [-0.25, -0.2) is 4.39 Å². The third kappa shape index (κ3) is 3.55. The van der Waals surface area contributed by atoms with E-state index in [4.69, 9.17) is 16.3 Å². The first-order valence-electron chi connectivity index (χ1n) is 6.87. The van der Waals surface area contributed by atoms with Crippen LogP contribution in [0.3, 0.4) is 0 Å². The van der Waals surface area contributed by atoms with Crippen LogP contribution in [0.4, 0.5) is 17.6 Å². The average molecular weight is 380 g/mol. The fourth-order valence-electron chi connectivity index (χ4n) is 2.35. The largest absolute Gasteiger partial charge is 0.478 e. The van der Waals surface area contributed by atoms with Crippen molar-refractivity contribution in [1.29, 1.82) is 0 Å². The van der Waals surface area contributed by atoms with Gasteiger partial charge >= 0.3 is 6.18 Å². The number of rotatable bonds is 3. The second-order valence-electron chi connectivity index (χ2n) is 5.06. The third-order valence-electron chi connectivity index (χ3n) is 3.43. The lowest BCUT2D eigenvalue weighted by atomic mass is 10.0. The number of ether oxygens (including phenoxy) is 1. The summed E-state index contributed by atoms with van der Waals surface area (Å²) in [6, 6.07) is 2.81. The molecule has 0 spiro atoms. The Morgan fingerprint density at radius 2 is 1.92 bits per heavy atom. The van der Waals surface area contributed by atoms with Gasteiger partial charge in [-0.2, -0.15) is 18.3 Å². The van der Waals surface area contributed by atoms with Crippen LogP contribution in [-0.4, -0.2) is 29.9 Å². The van der Waals surface area contributed by atoms with Gasteiger partial charge in [-0.05, 0) is 29.8 Å². The molecule has 0 radical (unpaired) electrons. The van der Waals surface area contributed by atoms with Crippen molar-refractivity contribution in [3.05, 3.63) is 39.8 Å². The highest BCUT2D eigenvalue weighted by Gasteiger charge is 2.40. The number of methoxy groups -OCH3 is 1. The van der Waals surface area contributed by atoms with E-state index >= 15 is 0 Å². The maximum Gasteiger partial charge on any atom is 0.435 e. The second kappa shape index (κ2) is 6.91. The van der Waals surface area contributed by atoms with E-state index in [0.717, 1.165) is 7.05 Å². The Morgan fingerprint density at radius 1 is 1.28 bits per heavy atom. The van der Waals surface area contributed by atoms with Crippen LogP contribution in [0.1, 0.15) is 16.8 Å². The molecule has 10 heteroatoms. The Labute approximate surface area is 145 Å². The molecule has 1 aromatic carbocycles. The molecule has 2 aromatic rings. The highest BCUT2D eigenvalue weighted by molar-refractivity contribution is 6.34. The fraction of sp³-hybridized carbons (Fsp3) is 0.333. The van der Waals surface area contributed by atoms with Gasteiger partial charge in [0.1, 0.15) is 12.8 Å². The predicted molar refractivity (Wildman–Crippen MR) is 83.9 cm³/mol. The lowest BCUT2D eigenvalue weighted by molar-refractivity contribution is -0.146. The van der Waals surface area contributed by atoms with Crippen molar-refractivity contribution in [2.45, 2.75) is 13.1 Å². The van der Waals surface area contributed by atoms with Crippen LogP contribution in [0.2, 0.25) is 5.02 Å². The molecule has 0 saturated carbocycles. The standard InChI is InChI=1S/C15H14ClF4N3O2/c1-7-5-10(16)9(14(24-3)22-25-4)6-8(7)12-11(17)13(15(18,19)20)23(2)21-12/h5-6H,1-4H3/b22-14-. The smallest absolute Gasteiger partial charge is 0.435 e. The zero-order valence-corrected chi connectivity index (χ0v) is 14.5. The van der Waals surface area contributed by atoms with Gasteiger partial charge in [-0.3, -0.25) is 4.68 Å². The van der Waals surface area contributed by atoms with Crippen molar-refractivity contribution in [2.24, 2.45) is 12.2 Å². The minimum atomic E-state index is -4.87. The molecule has 0 aliphatic carbocycles. The molecule has 0 N–H and O–H groups in total. The van der Waals surface area contributed by atoms with Crippen LogP contribution in [0, 0.1) is 12.7 Å². The first kappa shape index (κ1) is 19.0. The van der Waals surface area contributed by atoms with Gasteiger partial charge in [-0.1, -0.05) is 11.6 Å². The summed E-state index contributed by atoms with van der Waals surface area (Å²) >= 11 is 6.13. The average Bonchev–Trinajstić information content (AvgIpc) is 2.80. The molecule has 0 bridgehead atoms. The minimum Gasteiger partial charge on any atom is -0.478 e. The van der Waals surface area contributed by atoms with Crippen LogP contribution in [-0.2, 0) is 22.8 Å². The second-order valence-corrected chi connectivity index (χ2v) is 5.47. The van der Waals surface area contributed by atoms with Crippen molar-refractivity contribution < 1.29 is 27.1 Å². The first-order valence-corrected chi connectivity index (χ1v) is 7.25. The van der Waals surface area contributed by atoms with E-state index < -0.39 is 23.4 Å². The molecule has 1 aromatic heterocycles. The summed E-state index contributed by atoms with van der Waals surface area (Å²) in [7, 11) is 3.63. The number of hydrogen-bond donors (Lipinski definition) is 0. The fourth-order valence-corrected chi connectivity index (χ4v) is 2.65. The van der Waals surface area contributed by atoms with E-state index in [1.807, 2.05) is 0 Å². The summed E-state index contributed by atoms with van der Waals surface area (Å²) in [6.45, 7) is 1.58. The number of hydrogen-bond acceptors (Lipinski definition) is 4. The van der Waals surface area contributed by atoms with Crippen molar-refractivity contribution in [1.82, 2.24) is 9.78 Å². The molecule has 0 aliphatic heterocycles. The quantitative estimate of drug-likeness (QED) is 0.348. The summed E-state index contributed by atoms with van der Waals surface area (Å²) in [6.07, 6.45) is -4.87. The Morgan fingerprint density at radius 3 is 2.40 bits per heavy atom. The van der Waals surface area contributed by atoms with Gasteiger partial charge < -0.3 is 9.57 Å². The zero-order chi connectivity index (χ0) is 18.9. The van der Waals surface area contributed by atoms with Gasteiger partial charge in [-0.15, -0.1) is 0 Å². The number of halogens is 5. The Balaban J connectivity index is 2.71. The van der Waals surface area contributed by atoms with Crippen molar-refractivity contribution in [2.75, 3.05) is 14.2 Å². The maximum absolute atomic E-state index is 14.4. The van der Waals surface area contributed by atoms with Gasteiger partial charge in [0.2, 0.25) is 0 Å². The van der Waals surface area contributed by atoms with Crippen LogP contribution >= 0.6 is 11.6 Å². The zero-order valence-electron chi connectivity index (χ0n) is 13.7. The SMILES string of the molecule is CO/N=C(\OC)c1cc(-c2nn(C)c(C(F)(F)F)c2F)c(C)cc1Cl. The molecule has 0 aliphatic rings. The van der Waals surface area contributed by atoms with Gasteiger partial charge in [0.15, 0.2) is 11.5 Å². The Kier molecular flexibility index (Phi) is 5.26. The number of oxime groups is 1.